The molecule has 1 atom stereocenters. The first kappa shape index (κ1) is 14.8. The Hall–Kier alpha value is -2.57. The van der Waals surface area contributed by atoms with Crippen molar-refractivity contribution in [2.45, 2.75) is 25.9 Å². The third-order valence-electron chi connectivity index (χ3n) is 3.11. The van der Waals surface area contributed by atoms with E-state index in [0.717, 1.165) is 6.42 Å². The van der Waals surface area contributed by atoms with Crippen molar-refractivity contribution in [3.63, 3.8) is 0 Å². The molecule has 0 saturated heterocycles. The summed E-state index contributed by atoms with van der Waals surface area (Å²) in [5, 5.41) is 15.8. The molecule has 1 amide bonds. The smallest absolute Gasteiger partial charge is 0.331 e. The Morgan fingerprint density at radius 3 is 2.81 bits per heavy atom. The molecule has 2 aromatic heterocycles. The third-order valence-corrected chi connectivity index (χ3v) is 3.11. The largest absolute Gasteiger partial charge is 0.479 e. The average molecular weight is 290 g/mol. The molecule has 0 bridgehead atoms. The van der Waals surface area contributed by atoms with Crippen molar-refractivity contribution in [3.05, 3.63) is 42.0 Å². The Kier molecular flexibility index (Phi) is 4.42. The van der Waals surface area contributed by atoms with Gasteiger partial charge in [-0.25, -0.2) is 4.79 Å². The van der Waals surface area contributed by atoms with Crippen molar-refractivity contribution in [2.24, 2.45) is 7.05 Å². The van der Waals surface area contributed by atoms with Crippen molar-refractivity contribution in [2.75, 3.05) is 0 Å². The number of rotatable bonds is 6. The highest BCUT2D eigenvalue weighted by atomic mass is 16.4. The summed E-state index contributed by atoms with van der Waals surface area (Å²) in [6, 6.07) is 2.33. The number of carboxylic acids is 1. The molecule has 0 radical (unpaired) electrons. The van der Waals surface area contributed by atoms with E-state index in [4.69, 9.17) is 0 Å². The molecule has 0 spiro atoms. The molecule has 0 aromatic carbocycles. The number of aryl methyl sites for hydroxylation is 2. The lowest BCUT2D eigenvalue weighted by molar-refractivity contribution is -0.139. The molecule has 0 aliphatic rings. The number of amides is 1. The third kappa shape index (κ3) is 3.31. The molecule has 0 aliphatic carbocycles. The number of nitrogens with one attached hydrogen (secondary N) is 1. The quantitative estimate of drug-likeness (QED) is 0.836. The van der Waals surface area contributed by atoms with Crippen molar-refractivity contribution in [1.82, 2.24) is 19.7 Å². The second-order valence-corrected chi connectivity index (χ2v) is 4.78. The molecule has 0 fully saturated rings. The second-order valence-electron chi connectivity index (χ2n) is 4.78. The predicted molar refractivity (Wildman–Crippen MR) is 75.8 cm³/mol. The lowest BCUT2D eigenvalue weighted by Crippen LogP contribution is -2.34. The van der Waals surface area contributed by atoms with E-state index < -0.39 is 17.9 Å². The average Bonchev–Trinajstić information content (AvgIpc) is 3.05. The maximum Gasteiger partial charge on any atom is 0.331 e. The molecule has 1 unspecified atom stereocenters. The van der Waals surface area contributed by atoms with E-state index in [1.807, 2.05) is 6.92 Å². The van der Waals surface area contributed by atoms with Crippen LogP contribution in [-0.4, -0.2) is 31.3 Å². The number of aromatic nitrogens is 3. The van der Waals surface area contributed by atoms with Gasteiger partial charge in [0.2, 0.25) is 0 Å². The molecular weight excluding hydrogens is 272 g/mol. The Bertz CT molecular complexity index is 644. The van der Waals surface area contributed by atoms with Gasteiger partial charge in [0.05, 0.1) is 6.20 Å². The predicted octanol–water partition coefficient (Wildman–Crippen LogP) is 1.19. The van der Waals surface area contributed by atoms with E-state index in [1.165, 1.54) is 10.9 Å². The van der Waals surface area contributed by atoms with E-state index in [9.17, 15) is 14.7 Å². The standard InChI is InChI=1S/C14H18N4O3/c1-3-6-18-7-4-5-11(18)13(19)16-12(14(20)21)10-8-15-17(2)9-10/h4-5,7-9,12H,3,6H2,1-2H3,(H,16,19)(H,20,21). The normalized spacial score (nSPS) is 12.1. The molecular formula is C14H18N4O3. The summed E-state index contributed by atoms with van der Waals surface area (Å²) in [6.07, 6.45) is 5.70. The molecule has 0 aliphatic heterocycles. The van der Waals surface area contributed by atoms with E-state index in [2.05, 4.69) is 10.4 Å². The van der Waals surface area contributed by atoms with Gasteiger partial charge in [-0.05, 0) is 18.6 Å². The summed E-state index contributed by atoms with van der Waals surface area (Å²) in [5.74, 6) is -1.53. The molecule has 112 valence electrons. The van der Waals surface area contributed by atoms with Crippen LogP contribution in [0.1, 0.15) is 35.4 Å². The first-order valence-electron chi connectivity index (χ1n) is 6.70. The Balaban J connectivity index is 2.19. The van der Waals surface area contributed by atoms with Crippen LogP contribution in [0.3, 0.4) is 0 Å². The fourth-order valence-electron chi connectivity index (χ4n) is 2.14. The van der Waals surface area contributed by atoms with E-state index in [0.29, 0.717) is 17.8 Å². The maximum atomic E-state index is 12.3. The fourth-order valence-corrected chi connectivity index (χ4v) is 2.14. The highest BCUT2D eigenvalue weighted by Gasteiger charge is 2.25. The zero-order chi connectivity index (χ0) is 15.4. The first-order valence-corrected chi connectivity index (χ1v) is 6.70. The number of hydrogen-bond acceptors (Lipinski definition) is 3. The number of carboxylic acid groups (broad SMARTS) is 1. The lowest BCUT2D eigenvalue weighted by Gasteiger charge is -2.14. The van der Waals surface area contributed by atoms with Gasteiger partial charge in [0.25, 0.3) is 5.91 Å². The van der Waals surface area contributed by atoms with Crippen LogP contribution in [-0.2, 0) is 18.4 Å². The summed E-state index contributed by atoms with van der Waals surface area (Å²) >= 11 is 0. The van der Waals surface area contributed by atoms with Crippen molar-refractivity contribution >= 4 is 11.9 Å². The minimum Gasteiger partial charge on any atom is -0.479 e. The summed E-state index contributed by atoms with van der Waals surface area (Å²) in [4.78, 5) is 23.6. The summed E-state index contributed by atoms with van der Waals surface area (Å²) < 4.78 is 3.30. The van der Waals surface area contributed by atoms with Gasteiger partial charge in [-0.15, -0.1) is 0 Å². The molecule has 21 heavy (non-hydrogen) atoms. The van der Waals surface area contributed by atoms with Crippen LogP contribution >= 0.6 is 0 Å². The van der Waals surface area contributed by atoms with Gasteiger partial charge < -0.3 is 15.0 Å². The molecule has 7 nitrogen and oxygen atoms in total. The van der Waals surface area contributed by atoms with Crippen LogP contribution in [0.15, 0.2) is 30.7 Å². The van der Waals surface area contributed by atoms with Crippen molar-refractivity contribution < 1.29 is 14.7 Å². The Morgan fingerprint density at radius 2 is 2.24 bits per heavy atom. The SMILES string of the molecule is CCCn1cccc1C(=O)NC(C(=O)O)c1cnn(C)c1. The Morgan fingerprint density at radius 1 is 1.48 bits per heavy atom. The van der Waals surface area contributed by atoms with Crippen LogP contribution < -0.4 is 5.32 Å². The highest BCUT2D eigenvalue weighted by molar-refractivity contribution is 5.95. The van der Waals surface area contributed by atoms with Gasteiger partial charge in [-0.3, -0.25) is 9.48 Å². The van der Waals surface area contributed by atoms with Gasteiger partial charge in [-0.2, -0.15) is 5.10 Å². The summed E-state index contributed by atoms with van der Waals surface area (Å²) in [7, 11) is 1.69. The molecule has 2 N–H and O–H groups in total. The van der Waals surface area contributed by atoms with E-state index >= 15 is 0 Å². The topological polar surface area (TPSA) is 89.2 Å². The molecule has 2 aromatic rings. The van der Waals surface area contributed by atoms with Gasteiger partial charge in [0.15, 0.2) is 6.04 Å². The monoisotopic (exact) mass is 290 g/mol. The zero-order valence-corrected chi connectivity index (χ0v) is 12.0. The van der Waals surface area contributed by atoms with Crippen LogP contribution in [0.5, 0.6) is 0 Å². The van der Waals surface area contributed by atoms with Crippen molar-refractivity contribution in [1.29, 1.82) is 0 Å². The van der Waals surface area contributed by atoms with Gasteiger partial charge in [0, 0.05) is 31.5 Å². The molecule has 2 rings (SSSR count). The number of aliphatic carboxylic acids is 1. The van der Waals surface area contributed by atoms with E-state index in [1.54, 1.807) is 36.1 Å². The number of carbonyl (C=O) groups excluding carboxylic acids is 1. The lowest BCUT2D eigenvalue weighted by atomic mass is 10.1. The van der Waals surface area contributed by atoms with Gasteiger partial charge in [0.1, 0.15) is 5.69 Å². The Labute approximate surface area is 122 Å². The molecule has 7 heteroatoms. The minimum absolute atomic E-state index is 0.412. The molecule has 0 saturated carbocycles. The van der Waals surface area contributed by atoms with Crippen LogP contribution in [0, 0.1) is 0 Å². The number of hydrogen-bond donors (Lipinski definition) is 2. The minimum atomic E-state index is -1.12. The van der Waals surface area contributed by atoms with Crippen LogP contribution in [0.4, 0.5) is 0 Å². The highest BCUT2D eigenvalue weighted by Crippen LogP contribution is 2.13. The fraction of sp³-hybridized carbons (Fsp3) is 0.357. The first-order chi connectivity index (χ1) is 10.0. The van der Waals surface area contributed by atoms with Gasteiger partial charge >= 0.3 is 5.97 Å². The van der Waals surface area contributed by atoms with Crippen LogP contribution in [0.2, 0.25) is 0 Å². The van der Waals surface area contributed by atoms with Crippen LogP contribution in [0.25, 0.3) is 0 Å². The summed E-state index contributed by atoms with van der Waals surface area (Å²) in [6.45, 7) is 2.72. The number of nitrogens with zero attached hydrogens (tertiary/aromatic N) is 3. The number of carbonyl (C=O) groups is 2. The molecule has 2 heterocycles. The zero-order valence-electron chi connectivity index (χ0n) is 12.0. The van der Waals surface area contributed by atoms with E-state index in [-0.39, 0.29) is 0 Å². The summed E-state index contributed by atoms with van der Waals surface area (Å²) in [5.41, 5.74) is 0.888. The van der Waals surface area contributed by atoms with Crippen molar-refractivity contribution in [3.8, 4) is 0 Å². The maximum absolute atomic E-state index is 12.3. The second kappa shape index (κ2) is 6.25. The van der Waals surface area contributed by atoms with Gasteiger partial charge in [-0.1, -0.05) is 6.92 Å².